The zero-order chi connectivity index (χ0) is 6.81. The molecule has 0 unspecified atom stereocenters. The summed E-state index contributed by atoms with van der Waals surface area (Å²) in [4.78, 5) is 0. The molecule has 1 heterocycles. The minimum atomic E-state index is 0.307. The third-order valence-corrected chi connectivity index (χ3v) is 4.72. The molecule has 1 fully saturated rings. The average molecular weight is 150 g/mol. The standard InChI is InChI=1S/C9H11P/c1-2-5-9(6-3-1)10-7-4-8-10/h1-3,5-6H,4,7-8H2. The number of hydrogen-bond donors (Lipinski definition) is 0. The SMILES string of the molecule is c1ccc(P2CCC2)cc1. The number of benzene rings is 1. The molecule has 10 heavy (non-hydrogen) atoms. The molecule has 0 nitrogen and oxygen atoms in total. The van der Waals surface area contributed by atoms with E-state index in [4.69, 9.17) is 0 Å². The Balaban J connectivity index is 2.18. The molecule has 0 N–H and O–H groups in total. The van der Waals surface area contributed by atoms with Crippen molar-refractivity contribution in [2.75, 3.05) is 12.3 Å². The maximum Gasteiger partial charge on any atom is -0.0240 e. The van der Waals surface area contributed by atoms with Crippen molar-refractivity contribution in [2.45, 2.75) is 6.42 Å². The van der Waals surface area contributed by atoms with Crippen molar-refractivity contribution in [1.29, 1.82) is 0 Å². The van der Waals surface area contributed by atoms with Gasteiger partial charge in [0.1, 0.15) is 0 Å². The van der Waals surface area contributed by atoms with Crippen LogP contribution in [0.25, 0.3) is 0 Å². The lowest BCUT2D eigenvalue weighted by Gasteiger charge is -2.26. The average Bonchev–Trinajstić information content (AvgIpc) is 1.86. The molecule has 0 aromatic heterocycles. The van der Waals surface area contributed by atoms with E-state index in [-0.39, 0.29) is 0 Å². The summed E-state index contributed by atoms with van der Waals surface area (Å²) in [6.07, 6.45) is 4.40. The lowest BCUT2D eigenvalue weighted by molar-refractivity contribution is 1.03. The van der Waals surface area contributed by atoms with E-state index in [1.54, 1.807) is 5.30 Å². The first-order chi connectivity index (χ1) is 4.97. The molecule has 1 aliphatic heterocycles. The van der Waals surface area contributed by atoms with Crippen LogP contribution in [0.1, 0.15) is 6.42 Å². The third kappa shape index (κ3) is 1.09. The summed E-state index contributed by atoms with van der Waals surface area (Å²) in [5.41, 5.74) is 0. The second kappa shape index (κ2) is 2.72. The summed E-state index contributed by atoms with van der Waals surface area (Å²) in [6, 6.07) is 10.9. The summed E-state index contributed by atoms with van der Waals surface area (Å²) in [7, 11) is 0.307. The molecule has 52 valence electrons. The fraction of sp³-hybridized carbons (Fsp3) is 0.333. The van der Waals surface area contributed by atoms with Crippen LogP contribution in [0.3, 0.4) is 0 Å². The minimum Gasteiger partial charge on any atom is -0.0753 e. The van der Waals surface area contributed by atoms with Gasteiger partial charge >= 0.3 is 0 Å². The van der Waals surface area contributed by atoms with Crippen molar-refractivity contribution in [3.05, 3.63) is 30.3 Å². The molecule has 0 spiro atoms. The maximum atomic E-state index is 2.27. The van der Waals surface area contributed by atoms with Gasteiger partial charge in [0.2, 0.25) is 0 Å². The first-order valence-corrected chi connectivity index (χ1v) is 5.48. The van der Waals surface area contributed by atoms with E-state index < -0.39 is 0 Å². The molecule has 1 aromatic rings. The molecular formula is C9H11P. The van der Waals surface area contributed by atoms with Crippen molar-refractivity contribution in [1.82, 2.24) is 0 Å². The predicted molar refractivity (Wildman–Crippen MR) is 47.3 cm³/mol. The number of rotatable bonds is 1. The minimum absolute atomic E-state index is 0.307. The topological polar surface area (TPSA) is 0 Å². The van der Waals surface area contributed by atoms with E-state index in [9.17, 15) is 0 Å². The van der Waals surface area contributed by atoms with Crippen LogP contribution in [0.2, 0.25) is 0 Å². The van der Waals surface area contributed by atoms with E-state index in [2.05, 4.69) is 30.3 Å². The molecule has 0 saturated carbocycles. The van der Waals surface area contributed by atoms with Crippen LogP contribution < -0.4 is 5.30 Å². The van der Waals surface area contributed by atoms with Gasteiger partial charge in [-0.15, -0.1) is 0 Å². The van der Waals surface area contributed by atoms with Crippen LogP contribution >= 0.6 is 7.92 Å². The fourth-order valence-corrected chi connectivity index (χ4v) is 2.96. The van der Waals surface area contributed by atoms with Crippen molar-refractivity contribution in [3.63, 3.8) is 0 Å². The summed E-state index contributed by atoms with van der Waals surface area (Å²) in [6.45, 7) is 0. The van der Waals surface area contributed by atoms with Gasteiger partial charge in [0.05, 0.1) is 0 Å². The Morgan fingerprint density at radius 1 is 1.00 bits per heavy atom. The highest BCUT2D eigenvalue weighted by atomic mass is 31.1. The molecular weight excluding hydrogens is 139 g/mol. The van der Waals surface area contributed by atoms with Crippen LogP contribution in [-0.2, 0) is 0 Å². The summed E-state index contributed by atoms with van der Waals surface area (Å²) in [5, 5.41) is 1.60. The molecule has 1 aliphatic rings. The molecule has 0 radical (unpaired) electrons. The van der Waals surface area contributed by atoms with E-state index >= 15 is 0 Å². The van der Waals surface area contributed by atoms with Crippen molar-refractivity contribution >= 4 is 13.2 Å². The monoisotopic (exact) mass is 150 g/mol. The van der Waals surface area contributed by atoms with Gasteiger partial charge in [-0.3, -0.25) is 0 Å². The Morgan fingerprint density at radius 2 is 1.70 bits per heavy atom. The molecule has 1 saturated heterocycles. The highest BCUT2D eigenvalue weighted by Gasteiger charge is 2.17. The van der Waals surface area contributed by atoms with Gasteiger partial charge < -0.3 is 0 Å². The molecule has 2 rings (SSSR count). The van der Waals surface area contributed by atoms with E-state index in [1.807, 2.05) is 0 Å². The largest absolute Gasteiger partial charge is 0.0753 e. The quantitative estimate of drug-likeness (QED) is 0.538. The zero-order valence-corrected chi connectivity index (χ0v) is 6.85. The van der Waals surface area contributed by atoms with Gasteiger partial charge in [0.25, 0.3) is 0 Å². The molecule has 1 aromatic carbocycles. The first-order valence-electron chi connectivity index (χ1n) is 3.77. The fourth-order valence-electron chi connectivity index (χ4n) is 1.21. The lowest BCUT2D eigenvalue weighted by Crippen LogP contribution is -2.14. The molecule has 0 bridgehead atoms. The Bertz CT molecular complexity index is 201. The summed E-state index contributed by atoms with van der Waals surface area (Å²) >= 11 is 0. The maximum absolute atomic E-state index is 2.27. The normalized spacial score (nSPS) is 18.4. The van der Waals surface area contributed by atoms with Crippen LogP contribution in [0.4, 0.5) is 0 Å². The van der Waals surface area contributed by atoms with Crippen molar-refractivity contribution in [2.24, 2.45) is 0 Å². The second-order valence-electron chi connectivity index (χ2n) is 2.68. The number of hydrogen-bond acceptors (Lipinski definition) is 0. The zero-order valence-electron chi connectivity index (χ0n) is 5.96. The molecule has 0 aliphatic carbocycles. The summed E-state index contributed by atoms with van der Waals surface area (Å²) in [5.74, 6) is 0. The van der Waals surface area contributed by atoms with E-state index in [1.165, 1.54) is 18.7 Å². The predicted octanol–water partition coefficient (Wildman–Crippen LogP) is 2.20. The van der Waals surface area contributed by atoms with Gasteiger partial charge in [-0.2, -0.15) is 0 Å². The van der Waals surface area contributed by atoms with Crippen LogP contribution in [0.5, 0.6) is 0 Å². The van der Waals surface area contributed by atoms with Gasteiger partial charge in [0.15, 0.2) is 0 Å². The highest BCUT2D eigenvalue weighted by Crippen LogP contribution is 2.44. The summed E-state index contributed by atoms with van der Waals surface area (Å²) < 4.78 is 0. The van der Waals surface area contributed by atoms with Gasteiger partial charge in [-0.1, -0.05) is 38.3 Å². The Labute approximate surface area is 63.0 Å². The van der Waals surface area contributed by atoms with Crippen molar-refractivity contribution in [3.8, 4) is 0 Å². The van der Waals surface area contributed by atoms with Gasteiger partial charge in [-0.25, -0.2) is 0 Å². The van der Waals surface area contributed by atoms with Gasteiger partial charge in [-0.05, 0) is 24.0 Å². The second-order valence-corrected chi connectivity index (χ2v) is 5.17. The molecule has 0 atom stereocenters. The van der Waals surface area contributed by atoms with Crippen LogP contribution in [0, 0.1) is 0 Å². The first kappa shape index (κ1) is 6.37. The lowest BCUT2D eigenvalue weighted by atomic mass is 10.4. The Morgan fingerprint density at radius 3 is 2.20 bits per heavy atom. The van der Waals surface area contributed by atoms with Crippen LogP contribution in [0.15, 0.2) is 30.3 Å². The highest BCUT2D eigenvalue weighted by molar-refractivity contribution is 7.67. The van der Waals surface area contributed by atoms with Gasteiger partial charge in [0, 0.05) is 0 Å². The van der Waals surface area contributed by atoms with Crippen molar-refractivity contribution < 1.29 is 0 Å². The third-order valence-electron chi connectivity index (χ3n) is 1.98. The van der Waals surface area contributed by atoms with Crippen LogP contribution in [-0.4, -0.2) is 12.3 Å². The van der Waals surface area contributed by atoms with E-state index in [0.29, 0.717) is 7.92 Å². The smallest absolute Gasteiger partial charge is 0.0240 e. The van der Waals surface area contributed by atoms with E-state index in [0.717, 1.165) is 0 Å². The molecule has 1 heteroatoms. The Kier molecular flexibility index (Phi) is 1.73. The molecule has 0 amide bonds. The Hall–Kier alpha value is -0.350.